The highest BCUT2D eigenvalue weighted by Crippen LogP contribution is 2.18. The first-order valence-electron chi connectivity index (χ1n) is 10.7. The lowest BCUT2D eigenvalue weighted by Crippen LogP contribution is -2.32. The summed E-state index contributed by atoms with van der Waals surface area (Å²) in [4.78, 5) is 27.4. The van der Waals surface area contributed by atoms with Gasteiger partial charge in [-0.15, -0.1) is 0 Å². The molecule has 1 amide bonds. The Bertz CT molecular complexity index is 1390. The number of benzene rings is 3. The van der Waals surface area contributed by atoms with Crippen LogP contribution in [0.15, 0.2) is 82.7 Å². The molecule has 0 radical (unpaired) electrons. The predicted octanol–water partition coefficient (Wildman–Crippen LogP) is 3.86. The fraction of sp³-hybridized carbons (Fsp3) is 0.154. The standard InChI is InChI=1S/C26H24ClN5O2/c1-31(2)21-13-9-19(10-14-21)16-28-29-25(33)17-32-26(34)23-6-4-3-5-22(23)24(30-32)15-18-7-11-20(27)12-8-18/h3-14,16H,15,17H2,1-2H3,(H,29,33)/b28-16+. The van der Waals surface area contributed by atoms with E-state index in [1.807, 2.05) is 79.7 Å². The maximum Gasteiger partial charge on any atom is 0.275 e. The zero-order chi connectivity index (χ0) is 24.1. The Balaban J connectivity index is 1.52. The quantitative estimate of drug-likeness (QED) is 0.326. The Morgan fingerprint density at radius 3 is 2.38 bits per heavy atom. The first kappa shape index (κ1) is 23.2. The summed E-state index contributed by atoms with van der Waals surface area (Å²) >= 11 is 5.99. The minimum Gasteiger partial charge on any atom is -0.378 e. The number of hydrogen-bond donors (Lipinski definition) is 1. The lowest BCUT2D eigenvalue weighted by Gasteiger charge is -2.11. The van der Waals surface area contributed by atoms with Crippen LogP contribution in [0.3, 0.4) is 0 Å². The maximum absolute atomic E-state index is 13.0. The summed E-state index contributed by atoms with van der Waals surface area (Å²) in [6, 6.07) is 22.5. The van der Waals surface area contributed by atoms with E-state index in [-0.39, 0.29) is 12.1 Å². The molecule has 0 saturated carbocycles. The largest absolute Gasteiger partial charge is 0.378 e. The molecule has 1 aromatic heterocycles. The molecule has 0 atom stereocenters. The van der Waals surface area contributed by atoms with E-state index in [0.29, 0.717) is 22.5 Å². The van der Waals surface area contributed by atoms with Gasteiger partial charge in [0, 0.05) is 36.6 Å². The zero-order valence-electron chi connectivity index (χ0n) is 18.9. The van der Waals surface area contributed by atoms with Crippen LogP contribution in [-0.2, 0) is 17.8 Å². The molecular formula is C26H24ClN5O2. The summed E-state index contributed by atoms with van der Waals surface area (Å²) in [6.45, 7) is -0.242. The van der Waals surface area contributed by atoms with Crippen LogP contribution in [0.25, 0.3) is 10.8 Å². The van der Waals surface area contributed by atoms with Gasteiger partial charge in [-0.25, -0.2) is 10.1 Å². The second-order valence-electron chi connectivity index (χ2n) is 8.04. The molecule has 0 spiro atoms. The second-order valence-corrected chi connectivity index (χ2v) is 8.47. The van der Waals surface area contributed by atoms with Crippen LogP contribution in [0.5, 0.6) is 0 Å². The van der Waals surface area contributed by atoms with E-state index in [1.54, 1.807) is 18.3 Å². The van der Waals surface area contributed by atoms with Gasteiger partial charge in [-0.2, -0.15) is 10.2 Å². The fourth-order valence-electron chi connectivity index (χ4n) is 3.55. The molecule has 0 aliphatic heterocycles. The lowest BCUT2D eigenvalue weighted by molar-refractivity contribution is -0.121. The molecule has 4 aromatic rings. The third kappa shape index (κ3) is 5.50. The molecule has 1 heterocycles. The van der Waals surface area contributed by atoms with E-state index in [2.05, 4.69) is 15.6 Å². The van der Waals surface area contributed by atoms with Crippen molar-refractivity contribution >= 4 is 40.2 Å². The maximum atomic E-state index is 13.0. The monoisotopic (exact) mass is 473 g/mol. The number of anilines is 1. The van der Waals surface area contributed by atoms with Crippen molar-refractivity contribution in [3.63, 3.8) is 0 Å². The highest BCUT2D eigenvalue weighted by atomic mass is 35.5. The van der Waals surface area contributed by atoms with Crippen LogP contribution < -0.4 is 15.9 Å². The molecule has 3 aromatic carbocycles. The van der Waals surface area contributed by atoms with Gasteiger partial charge in [0.1, 0.15) is 6.54 Å². The average molecular weight is 474 g/mol. The van der Waals surface area contributed by atoms with E-state index in [0.717, 1.165) is 22.2 Å². The van der Waals surface area contributed by atoms with Crippen molar-refractivity contribution in [2.24, 2.45) is 5.10 Å². The molecule has 7 nitrogen and oxygen atoms in total. The number of nitrogens with one attached hydrogen (secondary N) is 1. The highest BCUT2D eigenvalue weighted by molar-refractivity contribution is 6.30. The van der Waals surface area contributed by atoms with Crippen LogP contribution in [0.1, 0.15) is 16.8 Å². The van der Waals surface area contributed by atoms with Gasteiger partial charge in [0.2, 0.25) is 0 Å². The number of hydrogen-bond acceptors (Lipinski definition) is 5. The van der Waals surface area contributed by atoms with E-state index in [4.69, 9.17) is 11.6 Å². The minimum atomic E-state index is -0.441. The van der Waals surface area contributed by atoms with Crippen LogP contribution in [0.2, 0.25) is 5.02 Å². The summed E-state index contributed by atoms with van der Waals surface area (Å²) in [7, 11) is 3.93. The van der Waals surface area contributed by atoms with Crippen LogP contribution in [0.4, 0.5) is 5.69 Å². The van der Waals surface area contributed by atoms with E-state index in [1.165, 1.54) is 4.68 Å². The molecule has 34 heavy (non-hydrogen) atoms. The van der Waals surface area contributed by atoms with Crippen LogP contribution >= 0.6 is 11.6 Å². The Hall–Kier alpha value is -3.97. The molecule has 1 N–H and O–H groups in total. The molecule has 0 saturated heterocycles. The van der Waals surface area contributed by atoms with Gasteiger partial charge in [0.05, 0.1) is 17.3 Å². The number of carbonyl (C=O) groups excluding carboxylic acids is 1. The van der Waals surface area contributed by atoms with Crippen molar-refractivity contribution < 1.29 is 4.79 Å². The third-order valence-corrected chi connectivity index (χ3v) is 5.59. The molecule has 0 aliphatic carbocycles. The SMILES string of the molecule is CN(C)c1ccc(/C=N/NC(=O)Cn2nc(Cc3ccc(Cl)cc3)c3ccccc3c2=O)cc1. The molecule has 0 bridgehead atoms. The van der Waals surface area contributed by atoms with Gasteiger partial charge in [0.15, 0.2) is 0 Å². The number of aromatic nitrogens is 2. The molecular weight excluding hydrogens is 450 g/mol. The number of nitrogens with zero attached hydrogens (tertiary/aromatic N) is 4. The summed E-state index contributed by atoms with van der Waals surface area (Å²) in [5, 5.41) is 10.4. The first-order chi connectivity index (χ1) is 16.4. The lowest BCUT2D eigenvalue weighted by atomic mass is 10.0. The van der Waals surface area contributed by atoms with Crippen LogP contribution in [0, 0.1) is 0 Å². The molecule has 0 aliphatic rings. The number of halogens is 1. The second kappa shape index (κ2) is 10.3. The Kier molecular flexibility index (Phi) is 7.04. The molecule has 0 unspecified atom stereocenters. The Labute approximate surface area is 202 Å². The van der Waals surface area contributed by atoms with E-state index in [9.17, 15) is 9.59 Å². The molecule has 8 heteroatoms. The number of carbonyl (C=O) groups is 1. The number of rotatable bonds is 7. The first-order valence-corrected chi connectivity index (χ1v) is 11.1. The van der Waals surface area contributed by atoms with Gasteiger partial charge in [-0.05, 0) is 41.5 Å². The van der Waals surface area contributed by atoms with Crippen molar-refractivity contribution in [3.05, 3.63) is 105 Å². The molecule has 4 rings (SSSR count). The summed E-state index contributed by atoms with van der Waals surface area (Å²) in [5.74, 6) is -0.441. The van der Waals surface area contributed by atoms with Gasteiger partial charge in [0.25, 0.3) is 11.5 Å². The van der Waals surface area contributed by atoms with Gasteiger partial charge in [-0.1, -0.05) is 54.1 Å². The number of amides is 1. The Morgan fingerprint density at radius 2 is 1.71 bits per heavy atom. The van der Waals surface area contributed by atoms with Gasteiger partial charge < -0.3 is 4.90 Å². The number of hydrazone groups is 1. The normalized spacial score (nSPS) is 11.1. The minimum absolute atomic E-state index is 0.242. The van der Waals surface area contributed by atoms with Crippen molar-refractivity contribution in [3.8, 4) is 0 Å². The molecule has 0 fully saturated rings. The average Bonchev–Trinajstić information content (AvgIpc) is 2.84. The summed E-state index contributed by atoms with van der Waals surface area (Å²) in [6.07, 6.45) is 2.06. The zero-order valence-corrected chi connectivity index (χ0v) is 19.7. The summed E-state index contributed by atoms with van der Waals surface area (Å²) < 4.78 is 1.18. The highest BCUT2D eigenvalue weighted by Gasteiger charge is 2.13. The van der Waals surface area contributed by atoms with Crippen LogP contribution in [-0.4, -0.2) is 36.0 Å². The molecule has 172 valence electrons. The van der Waals surface area contributed by atoms with Crippen molar-refractivity contribution in [2.75, 3.05) is 19.0 Å². The number of fused-ring (bicyclic) bond motifs is 1. The van der Waals surface area contributed by atoms with E-state index < -0.39 is 5.91 Å². The Morgan fingerprint density at radius 1 is 1.03 bits per heavy atom. The summed E-state index contributed by atoms with van der Waals surface area (Å²) in [5.41, 5.74) is 5.76. The fourth-order valence-corrected chi connectivity index (χ4v) is 3.67. The van der Waals surface area contributed by atoms with Gasteiger partial charge >= 0.3 is 0 Å². The van der Waals surface area contributed by atoms with Crippen molar-refractivity contribution in [1.82, 2.24) is 15.2 Å². The van der Waals surface area contributed by atoms with Gasteiger partial charge in [-0.3, -0.25) is 9.59 Å². The van der Waals surface area contributed by atoms with Crippen molar-refractivity contribution in [1.29, 1.82) is 0 Å². The van der Waals surface area contributed by atoms with Crippen molar-refractivity contribution in [2.45, 2.75) is 13.0 Å². The predicted molar refractivity (Wildman–Crippen MR) is 137 cm³/mol. The topological polar surface area (TPSA) is 79.6 Å². The third-order valence-electron chi connectivity index (χ3n) is 5.33. The smallest absolute Gasteiger partial charge is 0.275 e. The van der Waals surface area contributed by atoms with E-state index >= 15 is 0 Å².